The van der Waals surface area contributed by atoms with Crippen molar-refractivity contribution in [3.63, 3.8) is 0 Å². The molecule has 1 aromatic heterocycles. The molecule has 1 fully saturated rings. The molecule has 0 bridgehead atoms. The molecule has 0 radical (unpaired) electrons. The minimum absolute atomic E-state index is 0.878. The highest BCUT2D eigenvalue weighted by molar-refractivity contribution is 5.79. The Morgan fingerprint density at radius 2 is 1.57 bits per heavy atom. The molecule has 1 saturated heterocycles. The van der Waals surface area contributed by atoms with Crippen LogP contribution in [0, 0.1) is 5.92 Å². The average Bonchev–Trinajstić information content (AvgIpc) is 2.78. The third-order valence-electron chi connectivity index (χ3n) is 5.31. The van der Waals surface area contributed by atoms with E-state index in [0.717, 1.165) is 34.8 Å². The second-order valence-corrected chi connectivity index (χ2v) is 7.31. The molecular weight excluding hydrogens is 342 g/mol. The van der Waals surface area contributed by atoms with Gasteiger partial charge in [-0.15, -0.1) is 0 Å². The highest BCUT2D eigenvalue weighted by atomic mass is 15.1. The van der Waals surface area contributed by atoms with Gasteiger partial charge in [-0.25, -0.2) is 9.97 Å². The highest BCUT2D eigenvalue weighted by Gasteiger charge is 2.16. The molecule has 0 N–H and O–H groups in total. The van der Waals surface area contributed by atoms with Crippen LogP contribution in [0.2, 0.25) is 0 Å². The first-order valence-electron chi connectivity index (χ1n) is 10.5. The number of benzene rings is 2. The Balaban J connectivity index is 0.00000109. The number of hydrogen-bond donors (Lipinski definition) is 0. The second kappa shape index (κ2) is 10.1. The Morgan fingerprint density at radius 1 is 0.893 bits per heavy atom. The fraction of sp³-hybridized carbons (Fsp3) is 0.360. The first-order chi connectivity index (χ1) is 13.8. The van der Waals surface area contributed by atoms with Crippen molar-refractivity contribution in [1.29, 1.82) is 0 Å². The molecule has 0 aliphatic carbocycles. The minimum Gasteiger partial charge on any atom is -0.299 e. The molecular formula is C25H31N3. The fourth-order valence-electron chi connectivity index (χ4n) is 3.64. The van der Waals surface area contributed by atoms with Crippen molar-refractivity contribution < 1.29 is 0 Å². The van der Waals surface area contributed by atoms with Crippen molar-refractivity contribution in [3.05, 3.63) is 72.7 Å². The van der Waals surface area contributed by atoms with E-state index >= 15 is 0 Å². The van der Waals surface area contributed by atoms with Gasteiger partial charge in [-0.3, -0.25) is 4.90 Å². The number of aromatic nitrogens is 2. The van der Waals surface area contributed by atoms with Gasteiger partial charge in [0.2, 0.25) is 0 Å². The summed E-state index contributed by atoms with van der Waals surface area (Å²) in [6.45, 7) is 9.83. The SMILES string of the molecule is CC.CC1CCN(Cc2ccc(-c3ncncc3-c3ccccc3)cc2)CC1. The Morgan fingerprint density at radius 3 is 2.25 bits per heavy atom. The molecule has 0 amide bonds. The lowest BCUT2D eigenvalue weighted by Crippen LogP contribution is -2.32. The first-order valence-corrected chi connectivity index (χ1v) is 10.5. The smallest absolute Gasteiger partial charge is 0.116 e. The van der Waals surface area contributed by atoms with Crippen molar-refractivity contribution >= 4 is 0 Å². The molecule has 3 aromatic rings. The van der Waals surface area contributed by atoms with Crippen LogP contribution in [0.15, 0.2) is 67.1 Å². The summed E-state index contributed by atoms with van der Waals surface area (Å²) in [5.41, 5.74) is 5.73. The molecule has 2 heterocycles. The van der Waals surface area contributed by atoms with E-state index in [1.807, 2.05) is 26.1 Å². The standard InChI is InChI=1S/C23H25N3.C2H6/c1-18-11-13-26(14-12-18)16-19-7-9-21(10-8-19)23-22(15-24-17-25-23)20-5-3-2-4-6-20;1-2/h2-10,15,17-18H,11-14,16H2,1H3;1-2H3. The van der Waals surface area contributed by atoms with Crippen LogP contribution < -0.4 is 0 Å². The van der Waals surface area contributed by atoms with Crippen LogP contribution in [-0.2, 0) is 6.54 Å². The normalized spacial score (nSPS) is 15.0. The molecule has 0 unspecified atom stereocenters. The van der Waals surface area contributed by atoms with Gasteiger partial charge in [0, 0.05) is 23.9 Å². The van der Waals surface area contributed by atoms with E-state index in [4.69, 9.17) is 0 Å². The van der Waals surface area contributed by atoms with Crippen LogP contribution in [0.25, 0.3) is 22.4 Å². The van der Waals surface area contributed by atoms with E-state index < -0.39 is 0 Å². The van der Waals surface area contributed by atoms with Crippen molar-refractivity contribution in [2.24, 2.45) is 5.92 Å². The number of likely N-dealkylation sites (tertiary alicyclic amines) is 1. The molecule has 0 spiro atoms. The van der Waals surface area contributed by atoms with Crippen LogP contribution in [-0.4, -0.2) is 28.0 Å². The van der Waals surface area contributed by atoms with Gasteiger partial charge in [-0.1, -0.05) is 75.4 Å². The molecule has 2 aromatic carbocycles. The van der Waals surface area contributed by atoms with E-state index in [2.05, 4.69) is 70.3 Å². The largest absolute Gasteiger partial charge is 0.299 e. The van der Waals surface area contributed by atoms with Crippen molar-refractivity contribution in [2.45, 2.75) is 40.2 Å². The quantitative estimate of drug-likeness (QED) is 0.556. The van der Waals surface area contributed by atoms with Crippen LogP contribution in [0.4, 0.5) is 0 Å². The van der Waals surface area contributed by atoms with E-state index in [-0.39, 0.29) is 0 Å². The molecule has 0 saturated carbocycles. The van der Waals surface area contributed by atoms with Gasteiger partial charge < -0.3 is 0 Å². The number of rotatable bonds is 4. The zero-order valence-electron chi connectivity index (χ0n) is 17.3. The maximum atomic E-state index is 4.56. The summed E-state index contributed by atoms with van der Waals surface area (Å²) < 4.78 is 0. The van der Waals surface area contributed by atoms with Crippen molar-refractivity contribution in [2.75, 3.05) is 13.1 Å². The van der Waals surface area contributed by atoms with E-state index in [9.17, 15) is 0 Å². The lowest BCUT2D eigenvalue weighted by atomic mass is 9.98. The third-order valence-corrected chi connectivity index (χ3v) is 5.31. The van der Waals surface area contributed by atoms with Gasteiger partial charge in [0.1, 0.15) is 6.33 Å². The summed E-state index contributed by atoms with van der Waals surface area (Å²) in [7, 11) is 0. The highest BCUT2D eigenvalue weighted by Crippen LogP contribution is 2.29. The Kier molecular flexibility index (Phi) is 7.32. The molecule has 1 aliphatic rings. The predicted octanol–water partition coefficient (Wildman–Crippen LogP) is 6.07. The van der Waals surface area contributed by atoms with Crippen LogP contribution in [0.5, 0.6) is 0 Å². The van der Waals surface area contributed by atoms with Crippen LogP contribution in [0.3, 0.4) is 0 Å². The van der Waals surface area contributed by atoms with Gasteiger partial charge in [-0.2, -0.15) is 0 Å². The maximum absolute atomic E-state index is 4.56. The molecule has 1 aliphatic heterocycles. The van der Waals surface area contributed by atoms with Gasteiger partial charge in [0.05, 0.1) is 5.69 Å². The summed E-state index contributed by atoms with van der Waals surface area (Å²) >= 11 is 0. The molecule has 146 valence electrons. The lowest BCUT2D eigenvalue weighted by molar-refractivity contribution is 0.185. The van der Waals surface area contributed by atoms with Gasteiger partial charge in [0.15, 0.2) is 0 Å². The van der Waals surface area contributed by atoms with E-state index in [1.54, 1.807) is 6.33 Å². The average molecular weight is 374 g/mol. The second-order valence-electron chi connectivity index (χ2n) is 7.31. The summed E-state index contributed by atoms with van der Waals surface area (Å²) in [6.07, 6.45) is 6.17. The minimum atomic E-state index is 0.878. The summed E-state index contributed by atoms with van der Waals surface area (Å²) in [4.78, 5) is 11.4. The molecule has 3 heteroatoms. The van der Waals surface area contributed by atoms with Crippen LogP contribution in [0.1, 0.15) is 39.2 Å². The lowest BCUT2D eigenvalue weighted by Gasteiger charge is -2.30. The number of nitrogens with zero attached hydrogens (tertiary/aromatic N) is 3. The van der Waals surface area contributed by atoms with E-state index in [1.165, 1.54) is 31.5 Å². The molecule has 28 heavy (non-hydrogen) atoms. The molecule has 4 rings (SSSR count). The zero-order valence-corrected chi connectivity index (χ0v) is 17.3. The third kappa shape index (κ3) is 5.05. The topological polar surface area (TPSA) is 29.0 Å². The van der Waals surface area contributed by atoms with Gasteiger partial charge in [-0.05, 0) is 43.0 Å². The van der Waals surface area contributed by atoms with Crippen LogP contribution >= 0.6 is 0 Å². The fourth-order valence-corrected chi connectivity index (χ4v) is 3.64. The summed E-state index contributed by atoms with van der Waals surface area (Å²) in [5, 5.41) is 0. The number of piperidine rings is 1. The molecule has 3 nitrogen and oxygen atoms in total. The van der Waals surface area contributed by atoms with Gasteiger partial charge >= 0.3 is 0 Å². The van der Waals surface area contributed by atoms with Crippen molar-refractivity contribution in [3.8, 4) is 22.4 Å². The Labute approximate surface area is 169 Å². The summed E-state index contributed by atoms with van der Waals surface area (Å²) in [5.74, 6) is 0.878. The Hall–Kier alpha value is -2.52. The number of hydrogen-bond acceptors (Lipinski definition) is 3. The summed E-state index contributed by atoms with van der Waals surface area (Å²) in [6, 6.07) is 19.2. The molecule has 0 atom stereocenters. The van der Waals surface area contributed by atoms with Crippen molar-refractivity contribution in [1.82, 2.24) is 14.9 Å². The predicted molar refractivity (Wildman–Crippen MR) is 118 cm³/mol. The van der Waals surface area contributed by atoms with E-state index in [0.29, 0.717) is 0 Å². The zero-order chi connectivity index (χ0) is 19.8. The maximum Gasteiger partial charge on any atom is 0.116 e. The first kappa shape index (κ1) is 20.2. The monoisotopic (exact) mass is 373 g/mol. The Bertz CT molecular complexity index is 835. The van der Waals surface area contributed by atoms with Gasteiger partial charge in [0.25, 0.3) is 0 Å².